The van der Waals surface area contributed by atoms with Crippen LogP contribution in [0.3, 0.4) is 0 Å². The zero-order valence-corrected chi connectivity index (χ0v) is 40.7. The van der Waals surface area contributed by atoms with E-state index in [1.54, 1.807) is 0 Å². The van der Waals surface area contributed by atoms with Gasteiger partial charge in [-0.1, -0.05) is 188 Å². The molecule has 0 saturated carbocycles. The minimum Gasteiger partial charge on any atom is -0.309 e. The van der Waals surface area contributed by atoms with E-state index < -0.39 is 0 Å². The number of fused-ring (bicyclic) bond motifs is 9. The first-order valence-corrected chi connectivity index (χ1v) is 26.1. The van der Waals surface area contributed by atoms with E-state index >= 15 is 0 Å². The Kier molecular flexibility index (Phi) is 10.3. The zero-order valence-electron chi connectivity index (χ0n) is 39.1. The number of thiophene rings is 2. The molecule has 2 heterocycles. The van der Waals surface area contributed by atoms with Crippen molar-refractivity contribution in [3.05, 3.63) is 267 Å². The van der Waals surface area contributed by atoms with Crippen LogP contribution in [0, 0.1) is 0 Å². The molecule has 14 aromatic rings. The minimum atomic E-state index is 1.08. The van der Waals surface area contributed by atoms with Gasteiger partial charge in [0.2, 0.25) is 0 Å². The van der Waals surface area contributed by atoms with E-state index in [1.807, 2.05) is 22.7 Å². The summed E-state index contributed by atoms with van der Waals surface area (Å²) in [5.74, 6) is 0. The molecule has 0 aliphatic heterocycles. The Morgan fingerprint density at radius 2 is 0.722 bits per heavy atom. The lowest BCUT2D eigenvalue weighted by atomic mass is 9.96. The van der Waals surface area contributed by atoms with Gasteiger partial charge in [-0.25, -0.2) is 0 Å². The van der Waals surface area contributed by atoms with E-state index in [9.17, 15) is 0 Å². The molecule has 72 heavy (non-hydrogen) atoms. The van der Waals surface area contributed by atoms with Crippen LogP contribution in [0.25, 0.3) is 95.3 Å². The fraction of sp³-hybridized carbons (Fsp3) is 0. The largest absolute Gasteiger partial charge is 0.309 e. The lowest BCUT2D eigenvalue weighted by molar-refractivity contribution is 1.28. The molecule has 0 atom stereocenters. The molecule has 2 aromatic heterocycles. The highest BCUT2D eigenvalue weighted by molar-refractivity contribution is 7.26. The van der Waals surface area contributed by atoms with Crippen molar-refractivity contribution in [2.75, 3.05) is 9.80 Å². The van der Waals surface area contributed by atoms with Crippen LogP contribution in [0.15, 0.2) is 267 Å². The molecular weight excluding hydrogens is 909 g/mol. The minimum absolute atomic E-state index is 1.08. The number of nitrogens with zero attached hydrogens (tertiary/aromatic N) is 2. The van der Waals surface area contributed by atoms with Crippen LogP contribution >= 0.6 is 22.7 Å². The molecule has 0 aliphatic carbocycles. The summed E-state index contributed by atoms with van der Waals surface area (Å²) in [6, 6.07) is 98.2. The van der Waals surface area contributed by atoms with Crippen molar-refractivity contribution in [1.29, 1.82) is 0 Å². The van der Waals surface area contributed by atoms with Crippen molar-refractivity contribution in [1.82, 2.24) is 0 Å². The van der Waals surface area contributed by atoms with Crippen LogP contribution in [0.4, 0.5) is 34.1 Å². The van der Waals surface area contributed by atoms with Crippen LogP contribution in [-0.4, -0.2) is 0 Å². The summed E-state index contributed by atoms with van der Waals surface area (Å²) in [6.45, 7) is 0. The van der Waals surface area contributed by atoms with Crippen molar-refractivity contribution in [2.45, 2.75) is 0 Å². The second kappa shape index (κ2) is 17.6. The summed E-state index contributed by atoms with van der Waals surface area (Å²) < 4.78 is 5.08. The van der Waals surface area contributed by atoms with Gasteiger partial charge in [0.05, 0.1) is 22.7 Å². The Bertz CT molecular complexity index is 4360. The van der Waals surface area contributed by atoms with E-state index in [2.05, 4.69) is 277 Å². The standard InChI is InChI=1S/C68H44N2S2/c1-2-17-45(18-3-1)50-22-14-23-53(44-50)70(60-30-15-33-63-66(60)57-27-10-13-32-62(57)71-63)59-29-12-9-26-56(59)55-25-8-11-28-58(55)69(52-40-37-47(38-41-52)51-36-35-46-19-4-5-21-49(46)43-51)61-31-16-34-64-68(61)67-54-24-7-6-20-48(54)39-42-65(67)72-64/h1-44H. The topological polar surface area (TPSA) is 6.48 Å². The maximum Gasteiger partial charge on any atom is 0.0555 e. The SMILES string of the molecule is c1ccc(-c2cccc(N(c3ccccc3-c3ccccc3N(c3ccc(-c4ccc5ccccc5c4)cc3)c3cccc4sc5ccc6ccccc6c5c34)c3cccc4sc5ccccc5c34)c2)cc1. The van der Waals surface area contributed by atoms with E-state index in [4.69, 9.17) is 0 Å². The van der Waals surface area contributed by atoms with Crippen LogP contribution in [0.1, 0.15) is 0 Å². The monoisotopic (exact) mass is 952 g/mol. The highest BCUT2D eigenvalue weighted by atomic mass is 32.1. The normalized spacial score (nSPS) is 11.6. The Labute approximate surface area is 426 Å². The summed E-state index contributed by atoms with van der Waals surface area (Å²) in [5, 5.41) is 10.0. The summed E-state index contributed by atoms with van der Waals surface area (Å²) in [7, 11) is 0. The highest BCUT2D eigenvalue weighted by Gasteiger charge is 2.26. The fourth-order valence-electron chi connectivity index (χ4n) is 10.9. The molecule has 4 heteroatoms. The summed E-state index contributed by atoms with van der Waals surface area (Å²) in [6.07, 6.45) is 0. The molecule has 0 bridgehead atoms. The maximum atomic E-state index is 2.51. The number of benzene rings is 12. The van der Waals surface area contributed by atoms with Crippen molar-refractivity contribution in [2.24, 2.45) is 0 Å². The Morgan fingerprint density at radius 1 is 0.236 bits per heavy atom. The van der Waals surface area contributed by atoms with Crippen molar-refractivity contribution < 1.29 is 0 Å². The first kappa shape index (κ1) is 42.1. The molecule has 0 fully saturated rings. The zero-order chi connectivity index (χ0) is 47.5. The molecule has 338 valence electrons. The summed E-state index contributed by atoms with van der Waals surface area (Å²) in [4.78, 5) is 5.02. The maximum absolute atomic E-state index is 2.51. The second-order valence-corrected chi connectivity index (χ2v) is 20.6. The fourth-order valence-corrected chi connectivity index (χ4v) is 13.2. The third-order valence-electron chi connectivity index (χ3n) is 14.2. The average Bonchev–Trinajstić information content (AvgIpc) is 4.04. The lowest BCUT2D eigenvalue weighted by Crippen LogP contribution is -2.14. The first-order valence-electron chi connectivity index (χ1n) is 24.5. The predicted molar refractivity (Wildman–Crippen MR) is 313 cm³/mol. The molecule has 14 rings (SSSR count). The van der Waals surface area contributed by atoms with E-state index in [-0.39, 0.29) is 0 Å². The van der Waals surface area contributed by atoms with Crippen molar-refractivity contribution in [3.8, 4) is 33.4 Å². The number of para-hydroxylation sites is 2. The van der Waals surface area contributed by atoms with Crippen molar-refractivity contribution in [3.63, 3.8) is 0 Å². The smallest absolute Gasteiger partial charge is 0.0555 e. The third-order valence-corrected chi connectivity index (χ3v) is 16.5. The van der Waals surface area contributed by atoms with Gasteiger partial charge in [-0.2, -0.15) is 0 Å². The van der Waals surface area contributed by atoms with Gasteiger partial charge < -0.3 is 9.80 Å². The number of hydrogen-bond donors (Lipinski definition) is 0. The van der Waals surface area contributed by atoms with Crippen LogP contribution in [0.2, 0.25) is 0 Å². The third kappa shape index (κ3) is 7.14. The highest BCUT2D eigenvalue weighted by Crippen LogP contribution is 2.52. The van der Waals surface area contributed by atoms with Gasteiger partial charge in [-0.15, -0.1) is 22.7 Å². The van der Waals surface area contributed by atoms with Gasteiger partial charge in [-0.3, -0.25) is 0 Å². The van der Waals surface area contributed by atoms with Crippen molar-refractivity contribution >= 4 is 119 Å². The Balaban J connectivity index is 1.01. The quantitative estimate of drug-likeness (QED) is 0.142. The van der Waals surface area contributed by atoms with E-state index in [1.165, 1.54) is 84.1 Å². The molecule has 0 radical (unpaired) electrons. The molecule has 0 unspecified atom stereocenters. The Hall–Kier alpha value is -8.80. The summed E-state index contributed by atoms with van der Waals surface area (Å²) >= 11 is 3.73. The van der Waals surface area contributed by atoms with E-state index in [0.717, 1.165) is 45.3 Å². The average molecular weight is 953 g/mol. The van der Waals surface area contributed by atoms with Gasteiger partial charge in [0.1, 0.15) is 0 Å². The van der Waals surface area contributed by atoms with Gasteiger partial charge in [-0.05, 0) is 123 Å². The molecule has 12 aromatic carbocycles. The number of hydrogen-bond acceptors (Lipinski definition) is 4. The van der Waals surface area contributed by atoms with Gasteiger partial charge in [0.25, 0.3) is 0 Å². The predicted octanol–water partition coefficient (Wildman–Crippen LogP) is 20.7. The molecular formula is C68H44N2S2. The molecule has 0 amide bonds. The first-order chi connectivity index (χ1) is 35.7. The number of rotatable bonds is 9. The molecule has 0 aliphatic rings. The van der Waals surface area contributed by atoms with E-state index in [0.29, 0.717) is 0 Å². The number of anilines is 6. The Morgan fingerprint density at radius 3 is 1.50 bits per heavy atom. The van der Waals surface area contributed by atoms with Crippen LogP contribution in [-0.2, 0) is 0 Å². The lowest BCUT2D eigenvalue weighted by Gasteiger charge is -2.32. The van der Waals surface area contributed by atoms with Gasteiger partial charge >= 0.3 is 0 Å². The second-order valence-electron chi connectivity index (χ2n) is 18.4. The van der Waals surface area contributed by atoms with Gasteiger partial charge in [0.15, 0.2) is 0 Å². The molecule has 0 N–H and O–H groups in total. The van der Waals surface area contributed by atoms with Crippen LogP contribution < -0.4 is 9.80 Å². The molecule has 0 saturated heterocycles. The molecule has 2 nitrogen and oxygen atoms in total. The van der Waals surface area contributed by atoms with Crippen LogP contribution in [0.5, 0.6) is 0 Å². The molecule has 0 spiro atoms. The summed E-state index contributed by atoms with van der Waals surface area (Å²) in [5.41, 5.74) is 13.6. The van der Waals surface area contributed by atoms with Gasteiger partial charge in [0, 0.05) is 62.8 Å².